The van der Waals surface area contributed by atoms with Gasteiger partial charge in [-0.25, -0.2) is 9.97 Å². The monoisotopic (exact) mass is 385 g/mol. The smallest absolute Gasteiger partial charge is 0.199 e. The average Bonchev–Trinajstić information content (AvgIpc) is 3.20. The van der Waals surface area contributed by atoms with Crippen LogP contribution in [0.5, 0.6) is 0 Å². The Bertz CT molecular complexity index is 1030. The quantitative estimate of drug-likeness (QED) is 0.465. The van der Waals surface area contributed by atoms with Gasteiger partial charge in [-0.2, -0.15) is 0 Å². The van der Waals surface area contributed by atoms with Gasteiger partial charge < -0.3 is 24.6 Å². The van der Waals surface area contributed by atoms with E-state index in [1.54, 1.807) is 6.20 Å². The zero-order valence-electron chi connectivity index (χ0n) is 14.0. The number of aromatic nitrogens is 3. The first-order valence-electron chi connectivity index (χ1n) is 8.22. The zero-order valence-corrected chi connectivity index (χ0v) is 14.8. The summed E-state index contributed by atoms with van der Waals surface area (Å²) in [5, 5.41) is 31.5. The number of terminal acetylenes is 1. The van der Waals surface area contributed by atoms with E-state index in [9.17, 15) is 15.3 Å². The second-order valence-corrected chi connectivity index (χ2v) is 6.66. The van der Waals surface area contributed by atoms with E-state index in [1.807, 2.05) is 30.3 Å². The van der Waals surface area contributed by atoms with Crippen LogP contribution < -0.4 is 0 Å². The summed E-state index contributed by atoms with van der Waals surface area (Å²) in [7, 11) is 0. The molecule has 8 heteroatoms. The van der Waals surface area contributed by atoms with Gasteiger partial charge in [0.1, 0.15) is 29.3 Å². The summed E-state index contributed by atoms with van der Waals surface area (Å²) in [6, 6.07) is 9.45. The second-order valence-electron chi connectivity index (χ2n) is 6.30. The maximum atomic E-state index is 10.9. The molecule has 1 saturated heterocycles. The van der Waals surface area contributed by atoms with Crippen LogP contribution >= 0.6 is 11.6 Å². The number of aliphatic hydroxyl groups is 3. The first kappa shape index (κ1) is 17.9. The number of halogens is 1. The molecule has 1 aliphatic heterocycles. The van der Waals surface area contributed by atoms with E-state index in [0.29, 0.717) is 11.0 Å². The van der Waals surface area contributed by atoms with Crippen molar-refractivity contribution < 1.29 is 20.1 Å². The third kappa shape index (κ3) is 2.62. The minimum Gasteiger partial charge on any atom is -0.394 e. The van der Waals surface area contributed by atoms with Crippen LogP contribution in [0.3, 0.4) is 0 Å². The molecule has 0 aliphatic carbocycles. The Balaban J connectivity index is 1.96. The van der Waals surface area contributed by atoms with Crippen molar-refractivity contribution in [1.82, 2.24) is 14.5 Å². The maximum Gasteiger partial charge on any atom is 0.199 e. The third-order valence-electron chi connectivity index (χ3n) is 4.79. The number of rotatable bonds is 3. The van der Waals surface area contributed by atoms with E-state index in [0.717, 1.165) is 11.1 Å². The standard InChI is InChI=1S/C19H16ClN3O4/c1-2-19(26)15(25)13(9-24)27-18(19)23-8-12(11-6-4-3-5-7-11)14-16(20)21-10-22-17(14)23/h1,3-8,10,13,15,18,24-26H,9H2/t13-,15-,18-,19-/m1/s1. The lowest BCUT2D eigenvalue weighted by Gasteiger charge is -2.26. The molecule has 2 aromatic heterocycles. The molecule has 0 spiro atoms. The Labute approximate surface area is 159 Å². The van der Waals surface area contributed by atoms with Crippen LogP contribution in [0.4, 0.5) is 0 Å². The van der Waals surface area contributed by atoms with Crippen LogP contribution in [0.1, 0.15) is 6.23 Å². The van der Waals surface area contributed by atoms with E-state index in [4.69, 9.17) is 22.8 Å². The molecule has 27 heavy (non-hydrogen) atoms. The van der Waals surface area contributed by atoms with Crippen molar-refractivity contribution >= 4 is 22.6 Å². The van der Waals surface area contributed by atoms with Gasteiger partial charge in [0, 0.05) is 11.8 Å². The number of hydrogen-bond acceptors (Lipinski definition) is 6. The highest BCUT2D eigenvalue weighted by atomic mass is 35.5. The molecule has 0 saturated carbocycles. The lowest BCUT2D eigenvalue weighted by Crippen LogP contribution is -2.45. The molecule has 3 N–H and O–H groups in total. The van der Waals surface area contributed by atoms with Crippen molar-refractivity contribution in [2.45, 2.75) is 24.0 Å². The summed E-state index contributed by atoms with van der Waals surface area (Å²) in [5.74, 6) is 2.20. The van der Waals surface area contributed by atoms with E-state index in [2.05, 4.69) is 15.9 Å². The van der Waals surface area contributed by atoms with Crippen LogP contribution in [0.25, 0.3) is 22.2 Å². The highest BCUT2D eigenvalue weighted by molar-refractivity contribution is 6.35. The van der Waals surface area contributed by atoms with E-state index in [-0.39, 0.29) is 5.15 Å². The van der Waals surface area contributed by atoms with E-state index in [1.165, 1.54) is 10.9 Å². The Morgan fingerprint density at radius 3 is 2.70 bits per heavy atom. The Morgan fingerprint density at radius 2 is 2.04 bits per heavy atom. The van der Waals surface area contributed by atoms with Gasteiger partial charge in [0.15, 0.2) is 11.8 Å². The zero-order chi connectivity index (χ0) is 19.2. The molecule has 4 rings (SSSR count). The van der Waals surface area contributed by atoms with Crippen molar-refractivity contribution in [3.63, 3.8) is 0 Å². The summed E-state index contributed by atoms with van der Waals surface area (Å²) in [4.78, 5) is 8.32. The average molecular weight is 386 g/mol. The molecule has 0 unspecified atom stereocenters. The van der Waals surface area contributed by atoms with Gasteiger partial charge in [-0.05, 0) is 5.56 Å². The highest BCUT2D eigenvalue weighted by Crippen LogP contribution is 2.42. The Hall–Kier alpha value is -2.47. The van der Waals surface area contributed by atoms with Crippen LogP contribution in [0.2, 0.25) is 5.15 Å². The minimum atomic E-state index is -2.05. The van der Waals surface area contributed by atoms with Gasteiger partial charge in [-0.15, -0.1) is 6.42 Å². The number of hydrogen-bond donors (Lipinski definition) is 3. The van der Waals surface area contributed by atoms with Crippen LogP contribution in [-0.2, 0) is 4.74 Å². The van der Waals surface area contributed by atoms with Gasteiger partial charge >= 0.3 is 0 Å². The first-order chi connectivity index (χ1) is 13.0. The van der Waals surface area contributed by atoms with Crippen molar-refractivity contribution in [3.8, 4) is 23.5 Å². The number of fused-ring (bicyclic) bond motifs is 1. The van der Waals surface area contributed by atoms with E-state index >= 15 is 0 Å². The molecule has 1 aliphatic rings. The second kappa shape index (κ2) is 6.60. The number of benzene rings is 1. The van der Waals surface area contributed by atoms with Crippen molar-refractivity contribution in [1.29, 1.82) is 0 Å². The predicted molar refractivity (Wildman–Crippen MR) is 98.8 cm³/mol. The summed E-state index contributed by atoms with van der Waals surface area (Å²) >= 11 is 6.32. The molecule has 138 valence electrons. The largest absolute Gasteiger partial charge is 0.394 e. The maximum absolute atomic E-state index is 10.9. The first-order valence-corrected chi connectivity index (χ1v) is 8.60. The highest BCUT2D eigenvalue weighted by Gasteiger charge is 2.55. The number of ether oxygens (including phenoxy) is 1. The van der Waals surface area contributed by atoms with Gasteiger partial charge in [-0.3, -0.25) is 0 Å². The SMILES string of the molecule is C#C[C@@]1(O)[C@H](O)[C@@H](CO)O[C@H]1n1cc(-c2ccccc2)c2c(Cl)ncnc21. The molecule has 3 heterocycles. The third-order valence-corrected chi connectivity index (χ3v) is 5.08. The summed E-state index contributed by atoms with van der Waals surface area (Å²) in [6.45, 7) is -0.498. The van der Waals surface area contributed by atoms with Crippen LogP contribution in [0.15, 0.2) is 42.9 Å². The topological polar surface area (TPSA) is 101 Å². The Kier molecular flexibility index (Phi) is 4.38. The van der Waals surface area contributed by atoms with E-state index < -0.39 is 30.6 Å². The van der Waals surface area contributed by atoms with Crippen LogP contribution in [-0.4, -0.2) is 54.3 Å². The van der Waals surface area contributed by atoms with Gasteiger partial charge in [0.05, 0.1) is 12.0 Å². The van der Waals surface area contributed by atoms with Gasteiger partial charge in [0.2, 0.25) is 0 Å². The lowest BCUT2D eigenvalue weighted by molar-refractivity contribution is -0.0718. The summed E-state index contributed by atoms with van der Waals surface area (Å²) in [5.41, 5.74) is -0.0797. The molecule has 0 radical (unpaired) electrons. The molecule has 4 atom stereocenters. The fraction of sp³-hybridized carbons (Fsp3) is 0.263. The molecular weight excluding hydrogens is 370 g/mol. The molecule has 0 amide bonds. The fourth-order valence-electron chi connectivity index (χ4n) is 3.41. The number of nitrogens with zero attached hydrogens (tertiary/aromatic N) is 3. The fourth-order valence-corrected chi connectivity index (χ4v) is 3.64. The normalized spacial score (nSPS) is 27.7. The van der Waals surface area contributed by atoms with Crippen LogP contribution in [0, 0.1) is 12.3 Å². The van der Waals surface area contributed by atoms with Crippen molar-refractivity contribution in [2.24, 2.45) is 0 Å². The summed E-state index contributed by atoms with van der Waals surface area (Å²) in [6.07, 6.45) is 4.82. The molecule has 7 nitrogen and oxygen atoms in total. The van der Waals surface area contributed by atoms with Gasteiger partial charge in [-0.1, -0.05) is 47.9 Å². The molecule has 1 fully saturated rings. The van der Waals surface area contributed by atoms with Gasteiger partial charge in [0.25, 0.3) is 0 Å². The minimum absolute atomic E-state index is 0.235. The lowest BCUT2D eigenvalue weighted by atomic mass is 9.95. The molecular formula is C19H16ClN3O4. The van der Waals surface area contributed by atoms with Crippen molar-refractivity contribution in [2.75, 3.05) is 6.61 Å². The number of aliphatic hydroxyl groups excluding tert-OH is 2. The molecule has 0 bridgehead atoms. The Morgan fingerprint density at radius 1 is 1.30 bits per heavy atom. The molecule has 1 aromatic carbocycles. The predicted octanol–water partition coefficient (Wildman–Crippen LogP) is 1.37. The summed E-state index contributed by atoms with van der Waals surface area (Å²) < 4.78 is 7.20. The molecule has 3 aromatic rings. The van der Waals surface area contributed by atoms with Crippen molar-refractivity contribution in [3.05, 3.63) is 48.0 Å².